The molecule has 1 atom stereocenters. The van der Waals surface area contributed by atoms with Crippen LogP contribution in [0.1, 0.15) is 11.9 Å². The summed E-state index contributed by atoms with van der Waals surface area (Å²) in [5.41, 5.74) is 0. The lowest BCUT2D eigenvalue weighted by Gasteiger charge is -2.30. The highest BCUT2D eigenvalue weighted by Crippen LogP contribution is 2.33. The third-order valence-electron chi connectivity index (χ3n) is 3.94. The van der Waals surface area contributed by atoms with E-state index in [4.69, 9.17) is 4.52 Å². The molecular formula is C15H15FN4OS. The van der Waals surface area contributed by atoms with E-state index in [1.807, 2.05) is 6.07 Å². The lowest BCUT2D eigenvalue weighted by Crippen LogP contribution is -2.44. The molecule has 1 aromatic carbocycles. The number of hydrogen-bond donors (Lipinski definition) is 1. The van der Waals surface area contributed by atoms with Gasteiger partial charge in [-0.25, -0.2) is 4.39 Å². The largest absolute Gasteiger partial charge is 0.333 e. The average molecular weight is 318 g/mol. The summed E-state index contributed by atoms with van der Waals surface area (Å²) in [6.07, 6.45) is 0. The Balaban J connectivity index is 1.67. The number of piperazine rings is 1. The zero-order chi connectivity index (χ0) is 15.1. The lowest BCUT2D eigenvalue weighted by molar-refractivity contribution is 0.190. The van der Waals surface area contributed by atoms with Crippen LogP contribution >= 0.6 is 11.3 Å². The summed E-state index contributed by atoms with van der Waals surface area (Å²) in [6.45, 7) is 2.74. The van der Waals surface area contributed by atoms with Crippen LogP contribution in [0.25, 0.3) is 20.9 Å². The lowest BCUT2D eigenvalue weighted by atomic mass is 10.2. The van der Waals surface area contributed by atoms with Crippen LogP contribution < -0.4 is 5.32 Å². The van der Waals surface area contributed by atoms with E-state index in [-0.39, 0.29) is 11.9 Å². The molecular weight excluding hydrogens is 303 g/mol. The van der Waals surface area contributed by atoms with Crippen LogP contribution in [0.2, 0.25) is 0 Å². The van der Waals surface area contributed by atoms with E-state index < -0.39 is 0 Å². The fraction of sp³-hybridized carbons (Fsp3) is 0.333. The number of halogens is 1. The zero-order valence-corrected chi connectivity index (χ0v) is 12.9. The molecule has 0 spiro atoms. The summed E-state index contributed by atoms with van der Waals surface area (Å²) in [4.78, 5) is 7.61. The van der Waals surface area contributed by atoms with Crippen LogP contribution in [0.15, 0.2) is 28.8 Å². The maximum Gasteiger partial charge on any atom is 0.268 e. The molecule has 1 saturated heterocycles. The highest BCUT2D eigenvalue weighted by Gasteiger charge is 2.25. The molecule has 3 aromatic rings. The van der Waals surface area contributed by atoms with Crippen LogP contribution in [-0.4, -0.2) is 41.7 Å². The Morgan fingerprint density at radius 2 is 2.32 bits per heavy atom. The predicted octanol–water partition coefficient (Wildman–Crippen LogP) is 2.67. The highest BCUT2D eigenvalue weighted by molar-refractivity contribution is 7.22. The maximum atomic E-state index is 13.3. The molecule has 4 rings (SSSR count). The molecule has 0 amide bonds. The molecule has 22 heavy (non-hydrogen) atoms. The van der Waals surface area contributed by atoms with Gasteiger partial charge in [-0.2, -0.15) is 4.98 Å². The van der Waals surface area contributed by atoms with E-state index in [0.717, 1.165) is 34.6 Å². The van der Waals surface area contributed by atoms with Crippen molar-refractivity contribution in [2.24, 2.45) is 0 Å². The number of likely N-dealkylation sites (N-methyl/N-ethyl adjacent to an activating group) is 1. The Kier molecular flexibility index (Phi) is 3.40. The molecule has 0 radical (unpaired) electrons. The quantitative estimate of drug-likeness (QED) is 0.787. The van der Waals surface area contributed by atoms with Crippen LogP contribution in [-0.2, 0) is 0 Å². The first-order chi connectivity index (χ1) is 10.7. The third-order valence-corrected chi connectivity index (χ3v) is 5.04. The number of hydrogen-bond acceptors (Lipinski definition) is 6. The summed E-state index contributed by atoms with van der Waals surface area (Å²) in [6, 6.07) is 6.77. The Bertz CT molecular complexity index is 815. The Labute approximate surface area is 130 Å². The molecule has 114 valence electrons. The predicted molar refractivity (Wildman–Crippen MR) is 83.3 cm³/mol. The van der Waals surface area contributed by atoms with Crippen molar-refractivity contribution in [1.82, 2.24) is 20.4 Å². The molecule has 3 heterocycles. The second-order valence-corrected chi connectivity index (χ2v) is 6.53. The summed E-state index contributed by atoms with van der Waals surface area (Å²) < 4.78 is 19.7. The van der Waals surface area contributed by atoms with Crippen molar-refractivity contribution >= 4 is 21.4 Å². The van der Waals surface area contributed by atoms with E-state index in [1.165, 1.54) is 23.5 Å². The van der Waals surface area contributed by atoms with Gasteiger partial charge < -0.3 is 9.84 Å². The van der Waals surface area contributed by atoms with Gasteiger partial charge >= 0.3 is 0 Å². The van der Waals surface area contributed by atoms with Gasteiger partial charge in [0.25, 0.3) is 5.89 Å². The minimum absolute atomic E-state index is 0.123. The van der Waals surface area contributed by atoms with E-state index in [9.17, 15) is 4.39 Å². The van der Waals surface area contributed by atoms with Crippen LogP contribution in [0.4, 0.5) is 4.39 Å². The molecule has 1 fully saturated rings. The van der Waals surface area contributed by atoms with Gasteiger partial charge in [0.2, 0.25) is 0 Å². The van der Waals surface area contributed by atoms with Crippen molar-refractivity contribution in [3.05, 3.63) is 35.9 Å². The molecule has 0 saturated carbocycles. The first-order valence-corrected chi connectivity index (χ1v) is 7.96. The van der Waals surface area contributed by atoms with Crippen LogP contribution in [0, 0.1) is 5.82 Å². The smallest absolute Gasteiger partial charge is 0.268 e. The molecule has 5 nitrogen and oxygen atoms in total. The first kappa shape index (κ1) is 13.8. The molecule has 0 aliphatic carbocycles. The van der Waals surface area contributed by atoms with Crippen molar-refractivity contribution in [2.75, 3.05) is 26.7 Å². The molecule has 1 unspecified atom stereocenters. The average Bonchev–Trinajstić information content (AvgIpc) is 3.13. The standard InChI is InChI=1S/C15H15FN4OS/c1-20-5-4-17-8-11(20)14-18-15(21-19-14)13-7-9-6-10(16)2-3-12(9)22-13/h2-3,6-7,11,17H,4-5,8H2,1H3. The Morgan fingerprint density at radius 3 is 3.18 bits per heavy atom. The van der Waals surface area contributed by atoms with Crippen molar-refractivity contribution in [2.45, 2.75) is 6.04 Å². The number of nitrogens with one attached hydrogen (secondary N) is 1. The SMILES string of the molecule is CN1CCNCC1c1noc(-c2cc3cc(F)ccc3s2)n1. The maximum absolute atomic E-state index is 13.3. The van der Waals surface area contributed by atoms with Crippen molar-refractivity contribution in [3.8, 4) is 10.8 Å². The van der Waals surface area contributed by atoms with Gasteiger partial charge in [-0.3, -0.25) is 4.90 Å². The number of nitrogens with zero attached hydrogens (tertiary/aromatic N) is 3. The minimum Gasteiger partial charge on any atom is -0.333 e. The highest BCUT2D eigenvalue weighted by atomic mass is 32.1. The second kappa shape index (κ2) is 5.42. The summed E-state index contributed by atoms with van der Waals surface area (Å²) >= 11 is 1.53. The zero-order valence-electron chi connectivity index (χ0n) is 12.0. The van der Waals surface area contributed by atoms with Crippen molar-refractivity contribution in [3.63, 3.8) is 0 Å². The number of aromatic nitrogens is 2. The Morgan fingerprint density at radius 1 is 1.41 bits per heavy atom. The van der Waals surface area contributed by atoms with Crippen LogP contribution in [0.3, 0.4) is 0 Å². The van der Waals surface area contributed by atoms with Crippen LogP contribution in [0.5, 0.6) is 0 Å². The summed E-state index contributed by atoms with van der Waals surface area (Å²) in [5, 5.41) is 8.31. The van der Waals surface area contributed by atoms with Gasteiger partial charge in [0.15, 0.2) is 5.82 Å². The van der Waals surface area contributed by atoms with Gasteiger partial charge in [0.1, 0.15) is 5.82 Å². The van der Waals surface area contributed by atoms with Gasteiger partial charge in [-0.05, 0) is 36.7 Å². The van der Waals surface area contributed by atoms with Gasteiger partial charge in [-0.15, -0.1) is 11.3 Å². The monoisotopic (exact) mass is 318 g/mol. The van der Waals surface area contributed by atoms with Crippen molar-refractivity contribution < 1.29 is 8.91 Å². The molecule has 1 aliphatic heterocycles. The first-order valence-electron chi connectivity index (χ1n) is 7.15. The summed E-state index contributed by atoms with van der Waals surface area (Å²) in [5.74, 6) is 0.946. The Hall–Kier alpha value is -1.83. The molecule has 2 aromatic heterocycles. The molecule has 1 aliphatic rings. The number of thiophene rings is 1. The topological polar surface area (TPSA) is 54.2 Å². The summed E-state index contributed by atoms with van der Waals surface area (Å²) in [7, 11) is 2.06. The number of fused-ring (bicyclic) bond motifs is 1. The van der Waals surface area contributed by atoms with E-state index in [1.54, 1.807) is 6.07 Å². The third kappa shape index (κ3) is 2.41. The molecule has 0 bridgehead atoms. The number of benzene rings is 1. The molecule has 7 heteroatoms. The van der Waals surface area contributed by atoms with E-state index >= 15 is 0 Å². The second-order valence-electron chi connectivity index (χ2n) is 5.45. The number of rotatable bonds is 2. The fourth-order valence-corrected chi connectivity index (χ4v) is 3.65. The van der Waals surface area contributed by atoms with Gasteiger partial charge in [0, 0.05) is 24.3 Å². The minimum atomic E-state index is -0.238. The van der Waals surface area contributed by atoms with Crippen molar-refractivity contribution in [1.29, 1.82) is 0 Å². The molecule has 1 N–H and O–H groups in total. The fourth-order valence-electron chi connectivity index (χ4n) is 2.68. The van der Waals surface area contributed by atoms with Gasteiger partial charge in [0.05, 0.1) is 10.9 Å². The van der Waals surface area contributed by atoms with E-state index in [0.29, 0.717) is 11.7 Å². The van der Waals surface area contributed by atoms with E-state index in [2.05, 4.69) is 27.4 Å². The van der Waals surface area contributed by atoms with Gasteiger partial charge in [-0.1, -0.05) is 5.16 Å². The normalized spacial score (nSPS) is 19.8.